The fraction of sp³-hybridized carbons (Fsp3) is 1.00. The molecule has 1 aliphatic rings. The summed E-state index contributed by atoms with van der Waals surface area (Å²) >= 11 is 0. The van der Waals surface area contributed by atoms with Gasteiger partial charge in [0.2, 0.25) is 14.7 Å². The Labute approximate surface area is 95.4 Å². The Morgan fingerprint density at radius 3 is 2.31 bits per heavy atom. The smallest absolute Gasteiger partial charge is 0.234 e. The van der Waals surface area contributed by atoms with Crippen molar-refractivity contribution in [3.05, 3.63) is 0 Å². The SMILES string of the molecule is O=S(=O)(Cl)CC1CCCCC1(F)C(F)(F)F. The molecule has 2 atom stereocenters. The summed E-state index contributed by atoms with van der Waals surface area (Å²) in [6.07, 6.45) is -5.34. The molecule has 0 aromatic heterocycles. The zero-order valence-corrected chi connectivity index (χ0v) is 9.80. The molecule has 0 radical (unpaired) electrons. The fourth-order valence-electron chi connectivity index (χ4n) is 2.03. The monoisotopic (exact) mass is 282 g/mol. The van der Waals surface area contributed by atoms with Crippen molar-refractivity contribution < 1.29 is 26.0 Å². The van der Waals surface area contributed by atoms with Crippen molar-refractivity contribution in [3.8, 4) is 0 Å². The second-order valence-electron chi connectivity index (χ2n) is 4.01. The minimum Gasteiger partial charge on any atom is -0.234 e. The first-order chi connectivity index (χ1) is 7.06. The van der Waals surface area contributed by atoms with Gasteiger partial charge in [-0.1, -0.05) is 6.42 Å². The number of rotatable bonds is 2. The Kier molecular flexibility index (Phi) is 3.79. The van der Waals surface area contributed by atoms with E-state index in [1.165, 1.54) is 0 Å². The summed E-state index contributed by atoms with van der Waals surface area (Å²) < 4.78 is 72.9. The van der Waals surface area contributed by atoms with E-state index in [0.717, 1.165) is 0 Å². The van der Waals surface area contributed by atoms with E-state index in [1.54, 1.807) is 0 Å². The van der Waals surface area contributed by atoms with Crippen molar-refractivity contribution in [1.29, 1.82) is 0 Å². The maximum Gasteiger partial charge on any atom is 0.422 e. The van der Waals surface area contributed by atoms with Crippen LogP contribution in [0.3, 0.4) is 0 Å². The number of alkyl halides is 4. The van der Waals surface area contributed by atoms with E-state index < -0.39 is 39.0 Å². The molecular weight excluding hydrogens is 272 g/mol. The Hall–Kier alpha value is -0.0400. The molecule has 1 saturated carbocycles. The van der Waals surface area contributed by atoms with Crippen LogP contribution in [0.25, 0.3) is 0 Å². The number of hydrogen-bond acceptors (Lipinski definition) is 2. The fourth-order valence-corrected chi connectivity index (χ4v) is 3.40. The van der Waals surface area contributed by atoms with E-state index in [2.05, 4.69) is 0 Å². The third-order valence-electron chi connectivity index (χ3n) is 2.86. The van der Waals surface area contributed by atoms with Crippen molar-refractivity contribution in [3.63, 3.8) is 0 Å². The second-order valence-corrected chi connectivity index (χ2v) is 6.83. The predicted molar refractivity (Wildman–Crippen MR) is 51.5 cm³/mol. The molecule has 1 aliphatic carbocycles. The standard InChI is InChI=1S/C8H11ClF4O2S/c9-16(14,15)5-6-3-1-2-4-7(6,10)8(11,12)13/h6H,1-5H2. The zero-order valence-electron chi connectivity index (χ0n) is 8.23. The van der Waals surface area contributed by atoms with Crippen LogP contribution in [0.2, 0.25) is 0 Å². The molecule has 0 aromatic carbocycles. The summed E-state index contributed by atoms with van der Waals surface area (Å²) in [5.41, 5.74) is -3.42. The number of halogens is 5. The van der Waals surface area contributed by atoms with Crippen molar-refractivity contribution in [2.45, 2.75) is 37.5 Å². The van der Waals surface area contributed by atoms with Gasteiger partial charge in [0.25, 0.3) is 0 Å². The quantitative estimate of drug-likeness (QED) is 0.576. The van der Waals surface area contributed by atoms with Gasteiger partial charge in [-0.05, 0) is 19.3 Å². The second kappa shape index (κ2) is 4.33. The lowest BCUT2D eigenvalue weighted by molar-refractivity contribution is -0.254. The van der Waals surface area contributed by atoms with Crippen LogP contribution in [-0.4, -0.2) is 26.0 Å². The summed E-state index contributed by atoms with van der Waals surface area (Å²) in [5.74, 6) is -2.56. The maximum absolute atomic E-state index is 13.8. The summed E-state index contributed by atoms with van der Waals surface area (Å²) in [6, 6.07) is 0. The van der Waals surface area contributed by atoms with Gasteiger partial charge in [-0.15, -0.1) is 0 Å². The van der Waals surface area contributed by atoms with E-state index in [0.29, 0.717) is 6.42 Å². The lowest BCUT2D eigenvalue weighted by Crippen LogP contribution is -2.51. The average Bonchev–Trinajstić information content (AvgIpc) is 2.04. The van der Waals surface area contributed by atoms with Crippen molar-refractivity contribution in [1.82, 2.24) is 0 Å². The molecule has 8 heteroatoms. The van der Waals surface area contributed by atoms with Gasteiger partial charge in [0, 0.05) is 16.6 Å². The van der Waals surface area contributed by atoms with Gasteiger partial charge in [-0.25, -0.2) is 12.8 Å². The van der Waals surface area contributed by atoms with Crippen LogP contribution in [0.4, 0.5) is 17.6 Å². The van der Waals surface area contributed by atoms with Crippen LogP contribution in [0.15, 0.2) is 0 Å². The lowest BCUT2D eigenvalue weighted by Gasteiger charge is -2.38. The first-order valence-corrected chi connectivity index (χ1v) is 7.22. The molecule has 96 valence electrons. The first kappa shape index (κ1) is 14.0. The molecule has 0 aromatic rings. The summed E-state index contributed by atoms with van der Waals surface area (Å²) in [7, 11) is 0.759. The maximum atomic E-state index is 13.8. The van der Waals surface area contributed by atoms with Crippen LogP contribution < -0.4 is 0 Å². The van der Waals surface area contributed by atoms with Gasteiger partial charge in [-0.2, -0.15) is 13.2 Å². The van der Waals surface area contributed by atoms with E-state index in [1.807, 2.05) is 0 Å². The van der Waals surface area contributed by atoms with Crippen LogP contribution in [0.5, 0.6) is 0 Å². The molecule has 0 aliphatic heterocycles. The van der Waals surface area contributed by atoms with Gasteiger partial charge in [-0.3, -0.25) is 0 Å². The minimum absolute atomic E-state index is 0.106. The van der Waals surface area contributed by atoms with Gasteiger partial charge in [0.05, 0.1) is 5.75 Å². The molecule has 2 nitrogen and oxygen atoms in total. The largest absolute Gasteiger partial charge is 0.422 e. The van der Waals surface area contributed by atoms with Crippen molar-refractivity contribution in [2.75, 3.05) is 5.75 Å². The molecule has 0 spiro atoms. The van der Waals surface area contributed by atoms with Crippen LogP contribution >= 0.6 is 10.7 Å². The normalized spacial score (nSPS) is 32.7. The summed E-state index contributed by atoms with van der Waals surface area (Å²) in [5, 5.41) is 0. The van der Waals surface area contributed by atoms with Crippen LogP contribution in [0, 0.1) is 5.92 Å². The zero-order chi connectivity index (χ0) is 12.6. The Morgan fingerprint density at radius 2 is 1.88 bits per heavy atom. The molecule has 0 heterocycles. The summed E-state index contributed by atoms with van der Waals surface area (Å²) in [6.45, 7) is 0. The Morgan fingerprint density at radius 1 is 1.31 bits per heavy atom. The third kappa shape index (κ3) is 3.00. The predicted octanol–water partition coefficient (Wildman–Crippen LogP) is 3.02. The Bertz CT molecular complexity index is 354. The highest BCUT2D eigenvalue weighted by atomic mass is 35.7. The molecule has 2 unspecified atom stereocenters. The highest BCUT2D eigenvalue weighted by Crippen LogP contribution is 2.48. The van der Waals surface area contributed by atoms with Gasteiger partial charge in [0.15, 0.2) is 0 Å². The molecule has 0 N–H and O–H groups in total. The number of hydrogen-bond donors (Lipinski definition) is 0. The van der Waals surface area contributed by atoms with E-state index in [4.69, 9.17) is 10.7 Å². The van der Waals surface area contributed by atoms with Gasteiger partial charge < -0.3 is 0 Å². The highest BCUT2D eigenvalue weighted by Gasteiger charge is 2.61. The average molecular weight is 283 g/mol. The minimum atomic E-state index is -5.04. The molecule has 0 amide bonds. The topological polar surface area (TPSA) is 34.1 Å². The lowest BCUT2D eigenvalue weighted by atomic mass is 9.77. The molecule has 0 saturated heterocycles. The van der Waals surface area contributed by atoms with E-state index >= 15 is 0 Å². The molecule has 1 fully saturated rings. The van der Waals surface area contributed by atoms with Crippen molar-refractivity contribution >= 4 is 19.7 Å². The van der Waals surface area contributed by atoms with Crippen LogP contribution in [0.1, 0.15) is 25.7 Å². The van der Waals surface area contributed by atoms with Crippen molar-refractivity contribution in [2.24, 2.45) is 5.92 Å². The summed E-state index contributed by atoms with van der Waals surface area (Å²) in [4.78, 5) is 0. The van der Waals surface area contributed by atoms with Gasteiger partial charge in [0.1, 0.15) is 0 Å². The Balaban J connectivity index is 2.96. The van der Waals surface area contributed by atoms with E-state index in [9.17, 15) is 26.0 Å². The molecular formula is C8H11ClF4O2S. The third-order valence-corrected chi connectivity index (χ3v) is 4.04. The van der Waals surface area contributed by atoms with E-state index in [-0.39, 0.29) is 12.8 Å². The van der Waals surface area contributed by atoms with Gasteiger partial charge >= 0.3 is 6.18 Å². The highest BCUT2D eigenvalue weighted by molar-refractivity contribution is 8.13. The van der Waals surface area contributed by atoms with Crippen LogP contribution in [-0.2, 0) is 9.05 Å². The molecule has 1 rings (SSSR count). The molecule has 16 heavy (non-hydrogen) atoms. The molecule has 0 bridgehead atoms. The first-order valence-electron chi connectivity index (χ1n) is 4.74.